The first kappa shape index (κ1) is 89.2. The molecule has 0 saturated heterocycles. The summed E-state index contributed by atoms with van der Waals surface area (Å²) in [6.45, 7) is 67.5. The molecule has 0 unspecified atom stereocenters. The zero-order chi connectivity index (χ0) is 90.3. The maximum atomic E-state index is 16.9. The topological polar surface area (TPSA) is 121 Å². The molecule has 2 aliphatic heterocycles. The first-order valence-electron chi connectivity index (χ1n) is 44.4. The number of imide groups is 1. The Morgan fingerprint density at radius 1 is 0.290 bits per heavy atom. The van der Waals surface area contributed by atoms with Crippen molar-refractivity contribution in [3.8, 4) is 46.0 Å². The number of amides is 2. The van der Waals surface area contributed by atoms with E-state index in [1.165, 1.54) is 16.0 Å². The van der Waals surface area contributed by atoms with E-state index in [0.717, 1.165) is 83.4 Å². The van der Waals surface area contributed by atoms with Crippen molar-refractivity contribution >= 4 is 89.6 Å². The van der Waals surface area contributed by atoms with E-state index < -0.39 is 23.8 Å². The highest BCUT2D eigenvalue weighted by atomic mass is 16.6. The van der Waals surface area contributed by atoms with Crippen molar-refractivity contribution in [2.24, 2.45) is 27.1 Å². The predicted octanol–water partition coefficient (Wildman–Crippen LogP) is 32.3. The zero-order valence-corrected chi connectivity index (χ0v) is 79.0. The van der Waals surface area contributed by atoms with Crippen LogP contribution in [0.1, 0.15) is 307 Å². The van der Waals surface area contributed by atoms with Gasteiger partial charge in [-0.2, -0.15) is 0 Å². The fourth-order valence-corrected chi connectivity index (χ4v) is 21.6. The lowest BCUT2D eigenvalue weighted by atomic mass is 9.72. The summed E-state index contributed by atoms with van der Waals surface area (Å²) in [4.78, 5) is 67.4. The van der Waals surface area contributed by atoms with E-state index in [0.29, 0.717) is 66.4 Å². The number of hydrogen-bond acceptors (Lipinski definition) is 10. The molecule has 2 aliphatic rings. The molecule has 2 amide bonds. The fourth-order valence-electron chi connectivity index (χ4n) is 21.6. The highest BCUT2D eigenvalue weighted by Gasteiger charge is 2.43. The van der Waals surface area contributed by atoms with Gasteiger partial charge in [0, 0.05) is 60.2 Å². The lowest BCUT2D eigenvalue weighted by Crippen LogP contribution is -2.40. The monoisotopic (exact) mass is 1660 g/mol. The van der Waals surface area contributed by atoms with Crippen LogP contribution in [0.3, 0.4) is 0 Å². The number of rotatable bonds is 25. The van der Waals surface area contributed by atoms with Crippen LogP contribution in [0.5, 0.6) is 46.0 Å². The second kappa shape index (κ2) is 31.6. The Hall–Kier alpha value is -11.0. The lowest BCUT2D eigenvalue weighted by Gasteiger charge is -2.34. The van der Waals surface area contributed by atoms with Crippen LogP contribution < -0.4 is 28.7 Å². The quantitative estimate of drug-likeness (QED) is 0.0137. The third-order valence-electron chi connectivity index (χ3n) is 24.9. The third-order valence-corrected chi connectivity index (χ3v) is 24.9. The van der Waals surface area contributed by atoms with Gasteiger partial charge in [-0.3, -0.25) is 9.59 Å². The van der Waals surface area contributed by atoms with Gasteiger partial charge >= 0.3 is 11.9 Å². The Kier molecular flexibility index (Phi) is 22.7. The van der Waals surface area contributed by atoms with Crippen molar-refractivity contribution < 1.29 is 42.9 Å². The van der Waals surface area contributed by atoms with Crippen LogP contribution in [0.4, 0.5) is 22.7 Å². The van der Waals surface area contributed by atoms with Gasteiger partial charge in [0.2, 0.25) is 0 Å². The number of nitrogens with zero attached hydrogens (tertiary/aromatic N) is 2. The molecule has 0 N–H and O–H groups in total. The maximum absolute atomic E-state index is 16.9. The van der Waals surface area contributed by atoms with Gasteiger partial charge in [0.15, 0.2) is 0 Å². The van der Waals surface area contributed by atoms with E-state index in [-0.39, 0.29) is 110 Å². The van der Waals surface area contributed by atoms with Crippen LogP contribution >= 0.6 is 0 Å². The number of esters is 2. The van der Waals surface area contributed by atoms with Gasteiger partial charge in [0.1, 0.15) is 46.0 Å². The molecular formula is C113H130N2O9. The number of allylic oxidation sites excluding steroid dienone is 1. The molecule has 12 aromatic carbocycles. The molecule has 0 atom stereocenters. The minimum atomic E-state index is -0.874. The zero-order valence-electron chi connectivity index (χ0n) is 79.0. The summed E-state index contributed by atoms with van der Waals surface area (Å²) < 4.78 is 35.7. The smallest absolute Gasteiger partial charge is 0.346 e. The normalized spacial score (nSPS) is 14.1. The molecule has 2 heterocycles. The molecular weight excluding hydrogens is 1530 g/mol. The van der Waals surface area contributed by atoms with Gasteiger partial charge in [-0.1, -0.05) is 265 Å². The van der Waals surface area contributed by atoms with Crippen LogP contribution in [0, 0.1) is 27.1 Å². The Morgan fingerprint density at radius 3 is 0.750 bits per heavy atom. The van der Waals surface area contributed by atoms with Crippen molar-refractivity contribution in [3.05, 3.63) is 262 Å². The number of carbonyl (C=O) groups excluding carboxylic acids is 4. The predicted molar refractivity (Wildman–Crippen MR) is 514 cm³/mol. The maximum Gasteiger partial charge on any atom is 0.346 e. The van der Waals surface area contributed by atoms with E-state index in [1.54, 1.807) is 24.3 Å². The molecule has 12 aromatic rings. The summed E-state index contributed by atoms with van der Waals surface area (Å²) in [5.41, 5.74) is 10.4. The minimum absolute atomic E-state index is 0.0111. The van der Waals surface area contributed by atoms with Crippen LogP contribution in [-0.2, 0) is 37.2 Å². The molecule has 0 aromatic heterocycles. The lowest BCUT2D eigenvalue weighted by molar-refractivity contribution is 0.0389. The number of anilines is 4. The Morgan fingerprint density at radius 2 is 0.508 bits per heavy atom. The molecule has 14 rings (SSSR count). The molecule has 646 valence electrons. The van der Waals surface area contributed by atoms with Crippen LogP contribution in [0.2, 0.25) is 0 Å². The Labute approximate surface area is 737 Å². The first-order chi connectivity index (χ1) is 57.4. The van der Waals surface area contributed by atoms with E-state index in [9.17, 15) is 0 Å². The summed E-state index contributed by atoms with van der Waals surface area (Å²) in [5, 5.41) is 3.00. The summed E-state index contributed by atoms with van der Waals surface area (Å²) in [6, 6.07) is 64.5. The summed E-state index contributed by atoms with van der Waals surface area (Å²) in [5.74, 6) is -0.372. The molecule has 0 saturated carbocycles. The summed E-state index contributed by atoms with van der Waals surface area (Å²) in [6.07, 6.45) is 5.42. The molecule has 0 spiro atoms. The van der Waals surface area contributed by atoms with E-state index in [4.69, 9.17) is 23.7 Å². The molecule has 11 nitrogen and oxygen atoms in total. The minimum Gasteiger partial charge on any atom is -0.457 e. The second-order valence-electron chi connectivity index (χ2n) is 45.9. The van der Waals surface area contributed by atoms with E-state index >= 15 is 19.2 Å². The van der Waals surface area contributed by atoms with Crippen molar-refractivity contribution in [1.82, 2.24) is 0 Å². The molecule has 11 heteroatoms. The SMILES string of the molecule is C=C(C)CC(C)(C)c1ccc(Oc2cc3c4c(cc(Oc5ccc(C(C)(C)CC(C)(C)C)cc5)c5c6c(Oc7ccc(C(C)(C)CC(C)(C)C)cc7)cc7c8c(cc(Oc9ccc(C(C)(C)CC(C)(C)C)cc9)c(c2c45)c86)C(=O)OC7=O)C(=O)N(c2ccc(N(c4ccc(C(C)(C)CC(C)(C)C)cc4)c4ccc(C(C)(C)CC(C)(C)C)cc4)cc2)C3=O)cc1. The number of ether oxygens (including phenoxy) is 5. The summed E-state index contributed by atoms with van der Waals surface area (Å²) in [7, 11) is 0. The van der Waals surface area contributed by atoms with Gasteiger partial charge < -0.3 is 28.6 Å². The van der Waals surface area contributed by atoms with Gasteiger partial charge in [0.25, 0.3) is 11.8 Å². The van der Waals surface area contributed by atoms with E-state index in [2.05, 4.69) is 295 Å². The number of benzene rings is 12. The number of cyclic esters (lactones) is 2. The third kappa shape index (κ3) is 18.4. The van der Waals surface area contributed by atoms with Crippen molar-refractivity contribution in [3.63, 3.8) is 0 Å². The Bertz CT molecular complexity index is 6050. The largest absolute Gasteiger partial charge is 0.457 e. The molecule has 0 bridgehead atoms. The molecule has 0 fully saturated rings. The number of carbonyl (C=O) groups is 4. The second-order valence-corrected chi connectivity index (χ2v) is 45.9. The Balaban J connectivity index is 1.06. The molecule has 0 radical (unpaired) electrons. The molecule has 0 aliphatic carbocycles. The van der Waals surface area contributed by atoms with Crippen LogP contribution in [0.25, 0.3) is 43.1 Å². The average molecular weight is 1660 g/mol. The standard InChI is InChI=1S/C113H130N2O9/c1-68(2)62-108(18,19)69-34-50-79(51-35-69)120-87-58-83-91-84(100(117)115(99(83)116)78-48-46-77(47-49-78)114(75-42-30-70(31-43-75)109(20,21)63-103(3,4)5)76-44-32-71(33-45-76)110(22,23)64-104(6,7)8)59-88(121-80-52-36-72(37-53-80)111(24,25)65-105(9,10)11)94-96-90(123-82-56-40-74(41-57-82)113(28,29)67-107(15,16)17)61-86-92-85(101(118)124-102(86)119)60-89(95(98(92)96)93(87)97(91)94)122-81-54-38-73(39-55-81)112(26,27)66-106(12,13)14/h30-61H,1,62-67H2,2-29H3. The summed E-state index contributed by atoms with van der Waals surface area (Å²) >= 11 is 0. The van der Waals surface area contributed by atoms with Crippen molar-refractivity contribution in [2.45, 2.75) is 265 Å². The van der Waals surface area contributed by atoms with Crippen LogP contribution in [0.15, 0.2) is 206 Å². The van der Waals surface area contributed by atoms with Crippen LogP contribution in [-0.4, -0.2) is 23.8 Å². The first-order valence-corrected chi connectivity index (χ1v) is 44.4. The van der Waals surface area contributed by atoms with Crippen molar-refractivity contribution in [1.29, 1.82) is 0 Å². The number of hydrogen-bond donors (Lipinski definition) is 0. The van der Waals surface area contributed by atoms with E-state index in [1.807, 2.05) is 79.7 Å². The highest BCUT2D eigenvalue weighted by molar-refractivity contribution is 6.46. The van der Waals surface area contributed by atoms with Crippen molar-refractivity contribution in [2.75, 3.05) is 9.80 Å². The molecule has 124 heavy (non-hydrogen) atoms. The van der Waals surface area contributed by atoms with Gasteiger partial charge in [-0.05, 0) is 260 Å². The van der Waals surface area contributed by atoms with Gasteiger partial charge in [-0.15, -0.1) is 6.58 Å². The van der Waals surface area contributed by atoms with Gasteiger partial charge in [-0.25, -0.2) is 14.5 Å². The van der Waals surface area contributed by atoms with Gasteiger partial charge in [0.05, 0.1) is 27.9 Å². The number of fused-ring (bicyclic) bond motifs is 2. The fraction of sp³-hybridized carbons (Fsp3) is 0.398. The highest BCUT2D eigenvalue weighted by Crippen LogP contribution is 2.59. The average Bonchev–Trinajstić information content (AvgIpc) is 0.670.